The van der Waals surface area contributed by atoms with Gasteiger partial charge in [0.1, 0.15) is 5.69 Å². The third-order valence-corrected chi connectivity index (χ3v) is 4.66. The molecule has 1 heterocycles. The number of hydrogen-bond donors (Lipinski definition) is 2. The van der Waals surface area contributed by atoms with Crippen molar-refractivity contribution in [1.29, 1.82) is 0 Å². The lowest BCUT2D eigenvalue weighted by atomic mass is 10.1. The molecule has 21 heavy (non-hydrogen) atoms. The molecule has 0 spiro atoms. The molecular formula is C15H21N3O3. The van der Waals surface area contributed by atoms with Gasteiger partial charge in [-0.1, -0.05) is 12.8 Å². The minimum atomic E-state index is -0.766. The predicted molar refractivity (Wildman–Crippen MR) is 76.0 cm³/mol. The lowest BCUT2D eigenvalue weighted by Crippen LogP contribution is -2.33. The lowest BCUT2D eigenvalue weighted by Gasteiger charge is -2.11. The topological polar surface area (TPSA) is 84.2 Å². The maximum absolute atomic E-state index is 12.2. The zero-order valence-corrected chi connectivity index (χ0v) is 12.0. The minimum Gasteiger partial charge on any atom is -0.481 e. The van der Waals surface area contributed by atoms with Crippen LogP contribution in [0.5, 0.6) is 0 Å². The van der Waals surface area contributed by atoms with Crippen molar-refractivity contribution in [2.24, 2.45) is 5.92 Å². The van der Waals surface area contributed by atoms with E-state index in [0.717, 1.165) is 19.3 Å². The molecule has 0 radical (unpaired) electrons. The van der Waals surface area contributed by atoms with Crippen molar-refractivity contribution in [3.63, 3.8) is 0 Å². The van der Waals surface area contributed by atoms with Gasteiger partial charge in [-0.05, 0) is 38.2 Å². The molecule has 0 unspecified atom stereocenters. The predicted octanol–water partition coefficient (Wildman–Crippen LogP) is 1.98. The van der Waals surface area contributed by atoms with Crippen molar-refractivity contribution < 1.29 is 14.7 Å². The second-order valence-corrected chi connectivity index (χ2v) is 6.14. The van der Waals surface area contributed by atoms with Gasteiger partial charge in [0.15, 0.2) is 0 Å². The third-order valence-electron chi connectivity index (χ3n) is 4.66. The molecule has 114 valence electrons. The molecule has 1 aromatic rings. The number of nitrogens with zero attached hydrogens (tertiary/aromatic N) is 2. The quantitative estimate of drug-likeness (QED) is 0.888. The molecule has 1 aromatic heterocycles. The second-order valence-electron chi connectivity index (χ2n) is 6.14. The van der Waals surface area contributed by atoms with Crippen LogP contribution in [0, 0.1) is 5.92 Å². The SMILES string of the molecule is O=C(N[C@@H]1CC[C@H](C(=O)O)C1)c1ccn(C2CCCC2)n1. The highest BCUT2D eigenvalue weighted by atomic mass is 16.4. The van der Waals surface area contributed by atoms with Crippen molar-refractivity contribution in [1.82, 2.24) is 15.1 Å². The van der Waals surface area contributed by atoms with Gasteiger partial charge in [0, 0.05) is 12.2 Å². The summed E-state index contributed by atoms with van der Waals surface area (Å²) in [6.07, 6.45) is 8.47. The number of carbonyl (C=O) groups is 2. The Balaban J connectivity index is 1.57. The van der Waals surface area contributed by atoms with Crippen LogP contribution in [0.4, 0.5) is 0 Å². The normalized spacial score (nSPS) is 26.1. The molecule has 2 N–H and O–H groups in total. The number of hydrogen-bond acceptors (Lipinski definition) is 3. The van der Waals surface area contributed by atoms with E-state index in [9.17, 15) is 9.59 Å². The highest BCUT2D eigenvalue weighted by Crippen LogP contribution is 2.29. The van der Waals surface area contributed by atoms with Gasteiger partial charge in [0.05, 0.1) is 12.0 Å². The molecule has 6 nitrogen and oxygen atoms in total. The van der Waals surface area contributed by atoms with Gasteiger partial charge < -0.3 is 10.4 Å². The Labute approximate surface area is 123 Å². The smallest absolute Gasteiger partial charge is 0.306 e. The molecule has 0 aromatic carbocycles. The van der Waals surface area contributed by atoms with Crippen molar-refractivity contribution in [3.8, 4) is 0 Å². The summed E-state index contributed by atoms with van der Waals surface area (Å²) in [6.45, 7) is 0. The first-order valence-corrected chi connectivity index (χ1v) is 7.72. The van der Waals surface area contributed by atoms with E-state index in [0.29, 0.717) is 24.6 Å². The Morgan fingerprint density at radius 1 is 1.24 bits per heavy atom. The molecule has 1 amide bonds. The first kappa shape index (κ1) is 14.1. The van der Waals surface area contributed by atoms with E-state index in [2.05, 4.69) is 10.4 Å². The van der Waals surface area contributed by atoms with Gasteiger partial charge in [-0.25, -0.2) is 0 Å². The van der Waals surface area contributed by atoms with Crippen molar-refractivity contribution in [2.75, 3.05) is 0 Å². The molecule has 2 aliphatic carbocycles. The highest BCUT2D eigenvalue weighted by molar-refractivity contribution is 5.92. The Morgan fingerprint density at radius 2 is 2.00 bits per heavy atom. The number of aromatic nitrogens is 2. The molecule has 2 saturated carbocycles. The van der Waals surface area contributed by atoms with Crippen LogP contribution < -0.4 is 5.32 Å². The van der Waals surface area contributed by atoms with Crippen molar-refractivity contribution >= 4 is 11.9 Å². The Hall–Kier alpha value is -1.85. The van der Waals surface area contributed by atoms with Crippen LogP contribution in [-0.4, -0.2) is 32.8 Å². The summed E-state index contributed by atoms with van der Waals surface area (Å²) in [4.78, 5) is 23.1. The average Bonchev–Trinajstić information content (AvgIpc) is 3.19. The number of carboxylic acids is 1. The average molecular weight is 291 g/mol. The van der Waals surface area contributed by atoms with E-state index in [4.69, 9.17) is 5.11 Å². The first-order chi connectivity index (χ1) is 10.1. The van der Waals surface area contributed by atoms with Crippen LogP contribution in [0.3, 0.4) is 0 Å². The summed E-state index contributed by atoms with van der Waals surface area (Å²) in [7, 11) is 0. The molecule has 0 saturated heterocycles. The van der Waals surface area contributed by atoms with Crippen LogP contribution in [-0.2, 0) is 4.79 Å². The second kappa shape index (κ2) is 5.87. The number of aliphatic carboxylic acids is 1. The standard InChI is InChI=1S/C15H21N3O3/c19-14(16-11-6-5-10(9-11)15(20)21)13-7-8-18(17-13)12-3-1-2-4-12/h7-8,10-12H,1-6,9H2,(H,16,19)(H,20,21)/t10-,11+/m0/s1. The monoisotopic (exact) mass is 291 g/mol. The van der Waals surface area contributed by atoms with Gasteiger partial charge in [-0.15, -0.1) is 0 Å². The molecule has 6 heteroatoms. The number of carbonyl (C=O) groups excluding carboxylic acids is 1. The maximum atomic E-state index is 12.2. The minimum absolute atomic E-state index is 0.0461. The zero-order chi connectivity index (χ0) is 14.8. The Bertz CT molecular complexity index is 534. The fourth-order valence-electron chi connectivity index (χ4n) is 3.43. The summed E-state index contributed by atoms with van der Waals surface area (Å²) in [5, 5.41) is 16.3. The van der Waals surface area contributed by atoms with E-state index >= 15 is 0 Å². The van der Waals surface area contributed by atoms with Gasteiger partial charge in [-0.2, -0.15) is 5.10 Å². The summed E-state index contributed by atoms with van der Waals surface area (Å²) in [5.41, 5.74) is 0.431. The molecule has 0 aliphatic heterocycles. The van der Waals surface area contributed by atoms with Gasteiger partial charge in [0.2, 0.25) is 0 Å². The fourth-order valence-corrected chi connectivity index (χ4v) is 3.43. The van der Waals surface area contributed by atoms with E-state index in [1.165, 1.54) is 12.8 Å². The summed E-state index contributed by atoms with van der Waals surface area (Å²) >= 11 is 0. The van der Waals surface area contributed by atoms with Crippen molar-refractivity contribution in [3.05, 3.63) is 18.0 Å². The Kier molecular flexibility index (Phi) is 3.94. The molecular weight excluding hydrogens is 270 g/mol. The molecule has 2 fully saturated rings. The maximum Gasteiger partial charge on any atom is 0.306 e. The van der Waals surface area contributed by atoms with E-state index in [-0.39, 0.29) is 17.9 Å². The van der Waals surface area contributed by atoms with Gasteiger partial charge >= 0.3 is 5.97 Å². The zero-order valence-electron chi connectivity index (χ0n) is 12.0. The summed E-state index contributed by atoms with van der Waals surface area (Å²) < 4.78 is 1.90. The number of rotatable bonds is 4. The first-order valence-electron chi connectivity index (χ1n) is 7.72. The number of nitrogens with one attached hydrogen (secondary N) is 1. The fraction of sp³-hybridized carbons (Fsp3) is 0.667. The van der Waals surface area contributed by atoms with Gasteiger partial charge in [0.25, 0.3) is 5.91 Å². The molecule has 2 atom stereocenters. The van der Waals surface area contributed by atoms with Crippen LogP contribution in [0.2, 0.25) is 0 Å². The summed E-state index contributed by atoms with van der Waals surface area (Å²) in [5.74, 6) is -1.29. The Morgan fingerprint density at radius 3 is 2.67 bits per heavy atom. The summed E-state index contributed by atoms with van der Waals surface area (Å²) in [6, 6.07) is 2.13. The lowest BCUT2D eigenvalue weighted by molar-refractivity contribution is -0.141. The largest absolute Gasteiger partial charge is 0.481 e. The molecule has 2 aliphatic rings. The molecule has 3 rings (SSSR count). The number of carboxylic acid groups (broad SMARTS) is 1. The number of amides is 1. The van der Waals surface area contributed by atoms with E-state index in [1.807, 2.05) is 10.9 Å². The van der Waals surface area contributed by atoms with Gasteiger partial charge in [-0.3, -0.25) is 14.3 Å². The van der Waals surface area contributed by atoms with Crippen LogP contribution in [0.1, 0.15) is 61.5 Å². The highest BCUT2D eigenvalue weighted by Gasteiger charge is 2.31. The van der Waals surface area contributed by atoms with E-state index < -0.39 is 5.97 Å². The van der Waals surface area contributed by atoms with E-state index in [1.54, 1.807) is 6.07 Å². The molecule has 0 bridgehead atoms. The third kappa shape index (κ3) is 3.09. The van der Waals surface area contributed by atoms with Crippen LogP contribution in [0.25, 0.3) is 0 Å². The van der Waals surface area contributed by atoms with Crippen molar-refractivity contribution in [2.45, 2.75) is 57.0 Å². The van der Waals surface area contributed by atoms with Crippen LogP contribution >= 0.6 is 0 Å². The van der Waals surface area contributed by atoms with Crippen LogP contribution in [0.15, 0.2) is 12.3 Å².